The lowest BCUT2D eigenvalue weighted by molar-refractivity contribution is -0.167. The van der Waals surface area contributed by atoms with Crippen molar-refractivity contribution in [2.24, 2.45) is 0 Å². The summed E-state index contributed by atoms with van der Waals surface area (Å²) in [4.78, 5) is 38.3. The highest BCUT2D eigenvalue weighted by Gasteiger charge is 2.19. The summed E-state index contributed by atoms with van der Waals surface area (Å²) in [6.07, 6.45) is 91.4. The van der Waals surface area contributed by atoms with Gasteiger partial charge < -0.3 is 14.2 Å². The molecule has 0 aliphatic rings. The molecule has 0 heterocycles. The van der Waals surface area contributed by atoms with Crippen LogP contribution in [0.4, 0.5) is 0 Å². The fourth-order valence-corrected chi connectivity index (χ4v) is 10.9. The quantitative estimate of drug-likeness (QED) is 0.0261. The average Bonchev–Trinajstić information content (AvgIpc) is 3.47. The number of esters is 3. The van der Waals surface area contributed by atoms with Crippen LogP contribution in [0.15, 0.2) is 60.8 Å². The Balaban J connectivity index is 4.06. The van der Waals surface area contributed by atoms with Crippen LogP contribution in [0.5, 0.6) is 0 Å². The molecule has 82 heavy (non-hydrogen) atoms. The first-order valence-electron chi connectivity index (χ1n) is 36.3. The molecule has 0 spiro atoms. The van der Waals surface area contributed by atoms with Crippen molar-refractivity contribution in [1.82, 2.24) is 0 Å². The van der Waals surface area contributed by atoms with Gasteiger partial charge in [0.05, 0.1) is 0 Å². The third kappa shape index (κ3) is 67.9. The van der Waals surface area contributed by atoms with Crippen molar-refractivity contribution in [1.29, 1.82) is 0 Å². The van der Waals surface area contributed by atoms with E-state index in [1.807, 2.05) is 0 Å². The van der Waals surface area contributed by atoms with Crippen LogP contribution < -0.4 is 0 Å². The van der Waals surface area contributed by atoms with E-state index in [0.29, 0.717) is 19.3 Å². The molecule has 0 bridgehead atoms. The second kappa shape index (κ2) is 70.6. The molecular weight excluding hydrogens is 1010 g/mol. The normalized spacial score (nSPS) is 12.4. The Morgan fingerprint density at radius 2 is 0.476 bits per heavy atom. The van der Waals surface area contributed by atoms with Crippen LogP contribution in [0, 0.1) is 0 Å². The predicted molar refractivity (Wildman–Crippen MR) is 358 cm³/mol. The van der Waals surface area contributed by atoms with Gasteiger partial charge in [0.15, 0.2) is 6.10 Å². The lowest BCUT2D eigenvalue weighted by Crippen LogP contribution is -2.30. The van der Waals surface area contributed by atoms with Gasteiger partial charge in [0.2, 0.25) is 0 Å². The summed E-state index contributed by atoms with van der Waals surface area (Å²) >= 11 is 0. The van der Waals surface area contributed by atoms with Crippen molar-refractivity contribution in [3.05, 3.63) is 60.8 Å². The summed E-state index contributed by atoms with van der Waals surface area (Å²) in [6, 6.07) is 0. The molecule has 0 aromatic carbocycles. The average molecular weight is 1150 g/mol. The molecule has 0 amide bonds. The highest BCUT2D eigenvalue weighted by atomic mass is 16.6. The molecule has 6 nitrogen and oxygen atoms in total. The Labute approximate surface area is 510 Å². The first kappa shape index (κ1) is 79.1. The van der Waals surface area contributed by atoms with E-state index in [4.69, 9.17) is 14.2 Å². The number of unbranched alkanes of at least 4 members (excludes halogenated alkanes) is 46. The number of hydrogen-bond donors (Lipinski definition) is 0. The van der Waals surface area contributed by atoms with E-state index in [9.17, 15) is 14.4 Å². The summed E-state index contributed by atoms with van der Waals surface area (Å²) in [7, 11) is 0. The molecule has 0 saturated heterocycles. The summed E-state index contributed by atoms with van der Waals surface area (Å²) < 4.78 is 16.9. The maximum absolute atomic E-state index is 12.9. The van der Waals surface area contributed by atoms with Gasteiger partial charge in [-0.1, -0.05) is 364 Å². The van der Waals surface area contributed by atoms with Gasteiger partial charge >= 0.3 is 17.9 Å². The fraction of sp³-hybridized carbons (Fsp3) is 0.829. The molecule has 1 unspecified atom stereocenters. The first-order chi connectivity index (χ1) is 40.5. The topological polar surface area (TPSA) is 78.9 Å². The zero-order chi connectivity index (χ0) is 59.2. The van der Waals surface area contributed by atoms with Gasteiger partial charge in [-0.05, 0) is 64.2 Å². The van der Waals surface area contributed by atoms with Gasteiger partial charge in [-0.15, -0.1) is 0 Å². The standard InChI is InChI=1S/C76H138O6/c1-4-7-10-13-16-19-21-23-25-27-29-31-33-35-37-38-40-41-43-45-47-49-51-53-55-57-60-63-66-69-75(78)81-72-73(71-80-74(77)68-65-62-59-18-15-12-9-6-3)82-76(79)70-67-64-61-58-56-54-52-50-48-46-44-42-39-36-34-32-30-28-26-24-22-20-17-14-11-8-5-2/h7,10,16,19,23,25,29,31,35,37,73H,4-6,8-9,11-15,17-18,20-22,24,26-28,30,32-34,36,38-72H2,1-3H3/b10-7-,19-16-,25-23-,31-29-,37-35-. The van der Waals surface area contributed by atoms with Gasteiger partial charge in [-0.25, -0.2) is 0 Å². The zero-order valence-corrected chi connectivity index (χ0v) is 55.0. The van der Waals surface area contributed by atoms with E-state index in [1.54, 1.807) is 0 Å². The number of allylic oxidation sites excluding steroid dienone is 10. The molecule has 0 aliphatic heterocycles. The van der Waals surface area contributed by atoms with Crippen molar-refractivity contribution < 1.29 is 28.6 Å². The summed E-state index contributed by atoms with van der Waals surface area (Å²) in [5, 5.41) is 0. The van der Waals surface area contributed by atoms with Crippen LogP contribution in [0.3, 0.4) is 0 Å². The van der Waals surface area contributed by atoms with Gasteiger partial charge in [-0.2, -0.15) is 0 Å². The molecule has 0 aromatic rings. The van der Waals surface area contributed by atoms with Crippen molar-refractivity contribution in [3.63, 3.8) is 0 Å². The van der Waals surface area contributed by atoms with Crippen molar-refractivity contribution in [2.45, 2.75) is 393 Å². The Morgan fingerprint density at radius 3 is 0.744 bits per heavy atom. The van der Waals surface area contributed by atoms with Gasteiger partial charge in [-0.3, -0.25) is 14.4 Å². The fourth-order valence-electron chi connectivity index (χ4n) is 10.9. The number of carbonyl (C=O) groups is 3. The van der Waals surface area contributed by atoms with Crippen molar-refractivity contribution >= 4 is 17.9 Å². The Kier molecular flexibility index (Phi) is 68.1. The smallest absolute Gasteiger partial charge is 0.306 e. The molecule has 0 N–H and O–H groups in total. The lowest BCUT2D eigenvalue weighted by Gasteiger charge is -2.18. The first-order valence-corrected chi connectivity index (χ1v) is 36.3. The second-order valence-electron chi connectivity index (χ2n) is 24.5. The van der Waals surface area contributed by atoms with Crippen molar-refractivity contribution in [3.8, 4) is 0 Å². The van der Waals surface area contributed by atoms with Crippen LogP contribution in [-0.2, 0) is 28.6 Å². The molecule has 0 saturated carbocycles. The summed E-state index contributed by atoms with van der Waals surface area (Å²) in [6.45, 7) is 6.56. The zero-order valence-electron chi connectivity index (χ0n) is 55.0. The van der Waals surface area contributed by atoms with E-state index in [-0.39, 0.29) is 31.1 Å². The Morgan fingerprint density at radius 1 is 0.256 bits per heavy atom. The van der Waals surface area contributed by atoms with E-state index >= 15 is 0 Å². The van der Waals surface area contributed by atoms with E-state index in [1.165, 1.54) is 257 Å². The van der Waals surface area contributed by atoms with Gasteiger partial charge in [0, 0.05) is 19.3 Å². The van der Waals surface area contributed by atoms with Gasteiger partial charge in [0.25, 0.3) is 0 Å². The maximum atomic E-state index is 12.9. The van der Waals surface area contributed by atoms with E-state index in [2.05, 4.69) is 81.5 Å². The maximum Gasteiger partial charge on any atom is 0.306 e. The number of carbonyl (C=O) groups excluding carboxylic acids is 3. The minimum atomic E-state index is -0.770. The molecular formula is C76H138O6. The number of rotatable bonds is 67. The molecule has 0 radical (unpaired) electrons. The molecule has 1 atom stereocenters. The van der Waals surface area contributed by atoms with E-state index in [0.717, 1.165) is 89.9 Å². The van der Waals surface area contributed by atoms with Crippen LogP contribution in [0.1, 0.15) is 387 Å². The molecule has 0 fully saturated rings. The molecule has 6 heteroatoms. The minimum absolute atomic E-state index is 0.0686. The molecule has 0 aliphatic carbocycles. The number of ether oxygens (including phenoxy) is 3. The number of hydrogen-bond acceptors (Lipinski definition) is 6. The molecule has 0 rings (SSSR count). The van der Waals surface area contributed by atoms with Gasteiger partial charge in [0.1, 0.15) is 13.2 Å². The monoisotopic (exact) mass is 1150 g/mol. The second-order valence-corrected chi connectivity index (χ2v) is 24.5. The van der Waals surface area contributed by atoms with Crippen molar-refractivity contribution in [2.75, 3.05) is 13.2 Å². The molecule has 0 aromatic heterocycles. The van der Waals surface area contributed by atoms with Crippen LogP contribution >= 0.6 is 0 Å². The minimum Gasteiger partial charge on any atom is -0.462 e. The Bertz CT molecular complexity index is 1460. The van der Waals surface area contributed by atoms with Crippen LogP contribution in [-0.4, -0.2) is 37.2 Å². The summed E-state index contributed by atoms with van der Waals surface area (Å²) in [5.74, 6) is -0.849. The predicted octanol–water partition coefficient (Wildman–Crippen LogP) is 25.1. The molecule has 478 valence electrons. The lowest BCUT2D eigenvalue weighted by atomic mass is 10.0. The third-order valence-corrected chi connectivity index (χ3v) is 16.3. The third-order valence-electron chi connectivity index (χ3n) is 16.3. The summed E-state index contributed by atoms with van der Waals surface area (Å²) in [5.41, 5.74) is 0. The van der Waals surface area contributed by atoms with Crippen LogP contribution in [0.25, 0.3) is 0 Å². The SMILES string of the molecule is CC/C=C\C/C=C\C/C=C\C/C=C\C/C=C\CCCCCCCCCCCCCCCC(=O)OCC(COC(=O)CCCCCCCCCC)OC(=O)CCCCCCCCCCCCCCCCCCCCCCCCCCCCC. The largest absolute Gasteiger partial charge is 0.462 e. The van der Waals surface area contributed by atoms with Crippen LogP contribution in [0.2, 0.25) is 0 Å². The highest BCUT2D eigenvalue weighted by Crippen LogP contribution is 2.19. The van der Waals surface area contributed by atoms with E-state index < -0.39 is 6.10 Å². The highest BCUT2D eigenvalue weighted by molar-refractivity contribution is 5.71. The Hall–Kier alpha value is -2.89.